The molecule has 6 heteroatoms. The van der Waals surface area contributed by atoms with Crippen molar-refractivity contribution in [1.29, 1.82) is 0 Å². The topological polar surface area (TPSA) is 71.5 Å². The van der Waals surface area contributed by atoms with Crippen LogP contribution in [0.1, 0.15) is 15.9 Å². The average molecular weight is 423 g/mol. The molecule has 0 aliphatic carbocycles. The number of benzene rings is 3. The number of hydrogen-bond donors (Lipinski definition) is 1. The highest BCUT2D eigenvalue weighted by Crippen LogP contribution is 2.32. The van der Waals surface area contributed by atoms with Crippen LogP contribution in [-0.4, -0.2) is 29.9 Å². The number of nitrogens with one attached hydrogen (secondary N) is 1. The molecule has 5 rings (SSSR count). The summed E-state index contributed by atoms with van der Waals surface area (Å²) in [6.45, 7) is 0.508. The largest absolute Gasteiger partial charge is 0.484 e. The lowest BCUT2D eigenvalue weighted by Gasteiger charge is -2.18. The van der Waals surface area contributed by atoms with E-state index in [0.29, 0.717) is 23.5 Å². The predicted octanol–water partition coefficient (Wildman–Crippen LogP) is 4.46. The summed E-state index contributed by atoms with van der Waals surface area (Å²) in [6, 6.07) is 22.8. The van der Waals surface area contributed by atoms with Crippen molar-refractivity contribution in [1.82, 2.24) is 4.98 Å². The van der Waals surface area contributed by atoms with E-state index < -0.39 is 0 Å². The fourth-order valence-electron chi connectivity index (χ4n) is 3.92. The molecule has 6 nitrogen and oxygen atoms in total. The van der Waals surface area contributed by atoms with Gasteiger partial charge in [-0.15, -0.1) is 0 Å². The van der Waals surface area contributed by atoms with Crippen LogP contribution in [0.15, 0.2) is 85.2 Å². The smallest absolute Gasteiger partial charge is 0.262 e. The minimum Gasteiger partial charge on any atom is -0.484 e. The van der Waals surface area contributed by atoms with Crippen LogP contribution < -0.4 is 15.0 Å². The maximum Gasteiger partial charge on any atom is 0.262 e. The standard InChI is InChI=1S/C26H21N3O3/c30-25(17-32-23-8-6-18-3-1-2-4-21(18)15-23)28-22-7-5-19-11-14-29(24(19)16-22)26(31)20-9-12-27-13-10-20/h1-10,12-13,15-16H,11,14,17H2,(H,28,30). The molecule has 1 aromatic heterocycles. The van der Waals surface area contributed by atoms with Gasteiger partial charge in [-0.3, -0.25) is 14.6 Å². The number of amides is 2. The molecule has 4 aromatic rings. The van der Waals surface area contributed by atoms with Crippen LogP contribution in [0.25, 0.3) is 10.8 Å². The van der Waals surface area contributed by atoms with Crippen LogP contribution in [0.4, 0.5) is 11.4 Å². The van der Waals surface area contributed by atoms with Crippen LogP contribution in [0.3, 0.4) is 0 Å². The Morgan fingerprint density at radius 3 is 2.59 bits per heavy atom. The molecule has 2 amide bonds. The molecule has 0 saturated heterocycles. The van der Waals surface area contributed by atoms with Gasteiger partial charge in [-0.2, -0.15) is 0 Å². The third kappa shape index (κ3) is 4.03. The van der Waals surface area contributed by atoms with Gasteiger partial charge in [0.05, 0.1) is 0 Å². The molecule has 0 bridgehead atoms. The lowest BCUT2D eigenvalue weighted by Crippen LogP contribution is -2.29. The highest BCUT2D eigenvalue weighted by atomic mass is 16.5. The lowest BCUT2D eigenvalue weighted by molar-refractivity contribution is -0.118. The van der Waals surface area contributed by atoms with Crippen LogP contribution >= 0.6 is 0 Å². The number of carbonyl (C=O) groups excluding carboxylic acids is 2. The van der Waals surface area contributed by atoms with Crippen molar-refractivity contribution in [2.75, 3.05) is 23.4 Å². The van der Waals surface area contributed by atoms with E-state index in [-0.39, 0.29) is 18.4 Å². The van der Waals surface area contributed by atoms with Crippen molar-refractivity contribution in [3.63, 3.8) is 0 Å². The maximum atomic E-state index is 12.9. The zero-order valence-corrected chi connectivity index (χ0v) is 17.3. The first-order valence-corrected chi connectivity index (χ1v) is 10.4. The first kappa shape index (κ1) is 19.8. The minimum atomic E-state index is -0.261. The Balaban J connectivity index is 1.26. The molecule has 1 aliphatic rings. The van der Waals surface area contributed by atoms with Crippen molar-refractivity contribution in [2.24, 2.45) is 0 Å². The van der Waals surface area contributed by atoms with E-state index in [2.05, 4.69) is 10.3 Å². The van der Waals surface area contributed by atoms with Gasteiger partial charge in [0, 0.05) is 35.9 Å². The van der Waals surface area contributed by atoms with Gasteiger partial charge < -0.3 is 15.0 Å². The Hall–Kier alpha value is -4.19. The second kappa shape index (κ2) is 8.51. The maximum absolute atomic E-state index is 12.9. The fraction of sp³-hybridized carbons (Fsp3) is 0.115. The molecule has 1 N–H and O–H groups in total. The zero-order chi connectivity index (χ0) is 21.9. The average Bonchev–Trinajstić information content (AvgIpc) is 3.26. The normalized spacial score (nSPS) is 12.4. The molecule has 0 unspecified atom stereocenters. The zero-order valence-electron chi connectivity index (χ0n) is 17.3. The lowest BCUT2D eigenvalue weighted by atomic mass is 10.1. The number of hydrogen-bond acceptors (Lipinski definition) is 4. The van der Waals surface area contributed by atoms with Crippen molar-refractivity contribution in [3.05, 3.63) is 96.3 Å². The summed E-state index contributed by atoms with van der Waals surface area (Å²) >= 11 is 0. The van der Waals surface area contributed by atoms with E-state index in [1.807, 2.05) is 60.7 Å². The van der Waals surface area contributed by atoms with Gasteiger partial charge in [0.25, 0.3) is 11.8 Å². The van der Waals surface area contributed by atoms with Crippen molar-refractivity contribution < 1.29 is 14.3 Å². The van der Waals surface area contributed by atoms with Gasteiger partial charge in [-0.25, -0.2) is 0 Å². The van der Waals surface area contributed by atoms with Crippen molar-refractivity contribution in [2.45, 2.75) is 6.42 Å². The molecule has 158 valence electrons. The van der Waals surface area contributed by atoms with E-state index in [9.17, 15) is 9.59 Å². The van der Waals surface area contributed by atoms with E-state index in [0.717, 1.165) is 28.4 Å². The number of fused-ring (bicyclic) bond motifs is 2. The first-order chi connectivity index (χ1) is 15.7. The molecule has 2 heterocycles. The number of aromatic nitrogens is 1. The van der Waals surface area contributed by atoms with Gasteiger partial charge in [-0.05, 0) is 59.2 Å². The number of carbonyl (C=O) groups is 2. The van der Waals surface area contributed by atoms with Crippen LogP contribution in [0.2, 0.25) is 0 Å². The fourth-order valence-corrected chi connectivity index (χ4v) is 3.92. The summed E-state index contributed by atoms with van der Waals surface area (Å²) in [5, 5.41) is 5.04. The summed E-state index contributed by atoms with van der Waals surface area (Å²) in [7, 11) is 0. The molecular weight excluding hydrogens is 402 g/mol. The van der Waals surface area contributed by atoms with Crippen LogP contribution in [-0.2, 0) is 11.2 Å². The molecule has 0 radical (unpaired) electrons. The minimum absolute atomic E-state index is 0.0748. The highest BCUT2D eigenvalue weighted by Gasteiger charge is 2.26. The van der Waals surface area contributed by atoms with Gasteiger partial charge >= 0.3 is 0 Å². The molecule has 0 saturated carbocycles. The van der Waals surface area contributed by atoms with Gasteiger partial charge in [0.15, 0.2) is 6.61 Å². The number of anilines is 2. The summed E-state index contributed by atoms with van der Waals surface area (Å²) < 4.78 is 5.68. The van der Waals surface area contributed by atoms with E-state index >= 15 is 0 Å². The molecular formula is C26H21N3O3. The number of pyridine rings is 1. The van der Waals surface area contributed by atoms with E-state index in [1.54, 1.807) is 29.4 Å². The number of rotatable bonds is 5. The van der Waals surface area contributed by atoms with Crippen LogP contribution in [0.5, 0.6) is 5.75 Å². The third-order valence-electron chi connectivity index (χ3n) is 5.53. The van der Waals surface area contributed by atoms with Gasteiger partial charge in [0.2, 0.25) is 0 Å². The molecule has 32 heavy (non-hydrogen) atoms. The molecule has 0 spiro atoms. The monoisotopic (exact) mass is 423 g/mol. The Kier molecular flexibility index (Phi) is 5.25. The molecule has 1 aliphatic heterocycles. The second-order valence-electron chi connectivity index (χ2n) is 7.63. The number of nitrogens with zero attached hydrogens (tertiary/aromatic N) is 2. The third-order valence-corrected chi connectivity index (χ3v) is 5.53. The Morgan fingerprint density at radius 1 is 0.938 bits per heavy atom. The second-order valence-corrected chi connectivity index (χ2v) is 7.63. The summed E-state index contributed by atoms with van der Waals surface area (Å²) in [5.74, 6) is 0.305. The van der Waals surface area contributed by atoms with Crippen molar-refractivity contribution >= 4 is 34.0 Å². The Labute approximate surface area is 185 Å². The number of ether oxygens (including phenoxy) is 1. The van der Waals surface area contributed by atoms with Gasteiger partial charge in [-0.1, -0.05) is 36.4 Å². The Morgan fingerprint density at radius 2 is 1.75 bits per heavy atom. The summed E-state index contributed by atoms with van der Waals surface area (Å²) in [5.41, 5.74) is 3.12. The SMILES string of the molecule is O=C(COc1ccc2ccccc2c1)Nc1ccc2c(c1)N(C(=O)c1ccncc1)CC2. The molecule has 0 fully saturated rings. The van der Waals surface area contributed by atoms with E-state index in [4.69, 9.17) is 4.74 Å². The quantitative estimate of drug-likeness (QED) is 0.515. The summed E-state index contributed by atoms with van der Waals surface area (Å²) in [6.07, 6.45) is 4.00. The Bertz CT molecular complexity index is 1300. The van der Waals surface area contributed by atoms with Crippen molar-refractivity contribution in [3.8, 4) is 5.75 Å². The predicted molar refractivity (Wildman–Crippen MR) is 124 cm³/mol. The first-order valence-electron chi connectivity index (χ1n) is 10.4. The molecule has 0 atom stereocenters. The van der Waals surface area contributed by atoms with Crippen LogP contribution in [0, 0.1) is 0 Å². The molecule has 3 aromatic carbocycles. The summed E-state index contributed by atoms with van der Waals surface area (Å²) in [4.78, 5) is 31.1. The van der Waals surface area contributed by atoms with E-state index in [1.165, 1.54) is 0 Å². The highest BCUT2D eigenvalue weighted by molar-refractivity contribution is 6.07. The van der Waals surface area contributed by atoms with Gasteiger partial charge in [0.1, 0.15) is 5.75 Å².